The molecule has 0 saturated carbocycles. The molecule has 2 heterocycles. The third kappa shape index (κ3) is 8.76. The highest BCUT2D eigenvalue weighted by Gasteiger charge is 2.37. The predicted molar refractivity (Wildman–Crippen MR) is 136 cm³/mol. The summed E-state index contributed by atoms with van der Waals surface area (Å²) in [7, 11) is 0. The lowest BCUT2D eigenvalue weighted by atomic mass is 10.0. The van der Waals surface area contributed by atoms with Crippen LogP contribution in [0.3, 0.4) is 0 Å². The van der Waals surface area contributed by atoms with Gasteiger partial charge in [0.1, 0.15) is 0 Å². The molecule has 1 amide bonds. The number of carbonyl (C=O) groups excluding carboxylic acids is 1. The lowest BCUT2D eigenvalue weighted by Gasteiger charge is -2.36. The van der Waals surface area contributed by atoms with E-state index in [1.807, 2.05) is 0 Å². The molecule has 2 saturated heterocycles. The van der Waals surface area contributed by atoms with Gasteiger partial charge in [0.25, 0.3) is 0 Å². The Labute approximate surface area is 226 Å². The number of likely N-dealkylation sites (tertiary alicyclic amines) is 1. The minimum absolute atomic E-state index is 0.00587. The quantitative estimate of drug-likeness (QED) is 0.259. The summed E-state index contributed by atoms with van der Waals surface area (Å²) in [6, 6.07) is 4.98. The van der Waals surface area contributed by atoms with E-state index >= 15 is 0 Å². The van der Waals surface area contributed by atoms with E-state index in [-0.39, 0.29) is 34.6 Å². The molecule has 0 aliphatic carbocycles. The fraction of sp³-hybridized carbons (Fsp3) is 0.583. The molecule has 0 atom stereocenters. The molecule has 214 valence electrons. The van der Waals surface area contributed by atoms with Gasteiger partial charge in [0.15, 0.2) is 10.2 Å². The van der Waals surface area contributed by atoms with Crippen molar-refractivity contribution in [3.05, 3.63) is 29.3 Å². The van der Waals surface area contributed by atoms with Gasteiger partial charge in [0.2, 0.25) is 5.91 Å². The molecule has 0 unspecified atom stereocenters. The van der Waals surface area contributed by atoms with E-state index in [0.717, 1.165) is 12.1 Å². The van der Waals surface area contributed by atoms with Crippen LogP contribution >= 0.6 is 11.8 Å². The minimum Gasteiger partial charge on any atom is -0.382 e. The molecule has 0 radical (unpaired) electrons. The number of piperazine rings is 1. The normalized spacial score (nSPS) is 17.6. The van der Waals surface area contributed by atoms with Gasteiger partial charge in [-0.25, -0.2) is 0 Å². The summed E-state index contributed by atoms with van der Waals surface area (Å²) in [6.07, 6.45) is -7.31. The van der Waals surface area contributed by atoms with Crippen LogP contribution in [0.1, 0.15) is 36.8 Å². The fourth-order valence-corrected chi connectivity index (χ4v) is 5.10. The molecule has 1 aromatic carbocycles. The van der Waals surface area contributed by atoms with Crippen LogP contribution < -0.4 is 5.32 Å². The smallest absolute Gasteiger partial charge is 0.382 e. The van der Waals surface area contributed by atoms with E-state index < -0.39 is 28.5 Å². The van der Waals surface area contributed by atoms with Gasteiger partial charge in [-0.05, 0) is 55.8 Å². The van der Waals surface area contributed by atoms with Crippen molar-refractivity contribution in [1.29, 1.82) is 16.1 Å². The number of amidine groups is 1. The van der Waals surface area contributed by atoms with E-state index in [0.29, 0.717) is 71.5 Å². The predicted octanol–water partition coefficient (Wildman–Crippen LogP) is 4.59. The first-order chi connectivity index (χ1) is 18.3. The van der Waals surface area contributed by atoms with Gasteiger partial charge >= 0.3 is 12.4 Å². The van der Waals surface area contributed by atoms with Gasteiger partial charge in [-0.1, -0.05) is 0 Å². The van der Waals surface area contributed by atoms with Gasteiger partial charge in [0.05, 0.1) is 17.2 Å². The maximum Gasteiger partial charge on any atom is 0.439 e. The van der Waals surface area contributed by atoms with Crippen molar-refractivity contribution in [1.82, 2.24) is 14.7 Å². The Bertz CT molecular complexity index is 1090. The number of nitriles is 1. The summed E-state index contributed by atoms with van der Waals surface area (Å²) in [6.45, 7) is 3.41. The number of thioether (sulfide) groups is 1. The fourth-order valence-electron chi connectivity index (χ4n) is 4.48. The number of amides is 1. The number of piperidine rings is 1. The first-order valence-corrected chi connectivity index (χ1v) is 13.1. The highest BCUT2D eigenvalue weighted by atomic mass is 32.2. The molecule has 0 bridgehead atoms. The van der Waals surface area contributed by atoms with Crippen LogP contribution in [0.15, 0.2) is 18.2 Å². The van der Waals surface area contributed by atoms with Gasteiger partial charge in [-0.3, -0.25) is 20.5 Å². The molecule has 2 fully saturated rings. The summed E-state index contributed by atoms with van der Waals surface area (Å²) in [4.78, 5) is 18.0. The van der Waals surface area contributed by atoms with E-state index in [2.05, 4.69) is 10.2 Å². The third-order valence-corrected chi connectivity index (χ3v) is 7.53. The maximum atomic E-state index is 13.2. The number of halogens is 6. The van der Waals surface area contributed by atoms with E-state index in [1.54, 1.807) is 11.0 Å². The Morgan fingerprint density at radius 3 is 2.23 bits per heavy atom. The van der Waals surface area contributed by atoms with Gasteiger partial charge in [0, 0.05) is 57.4 Å². The Hall–Kier alpha value is -2.99. The SMILES string of the molecule is N#Cc1ccc(NC2CCN(C(=O)CCCN3CCN(C(=N)SC(=N)C(F)(F)F)CC3)CC2)cc1C(F)(F)F. The molecule has 1 aromatic rings. The van der Waals surface area contributed by atoms with Crippen molar-refractivity contribution >= 4 is 33.6 Å². The molecule has 39 heavy (non-hydrogen) atoms. The molecule has 8 nitrogen and oxygen atoms in total. The number of hydrogen-bond acceptors (Lipinski definition) is 7. The summed E-state index contributed by atoms with van der Waals surface area (Å²) >= 11 is 0.0928. The maximum absolute atomic E-state index is 13.2. The molecule has 3 rings (SSSR count). The van der Waals surface area contributed by atoms with Crippen molar-refractivity contribution in [2.45, 2.75) is 44.1 Å². The van der Waals surface area contributed by atoms with Crippen LogP contribution in [0.25, 0.3) is 0 Å². The standard InChI is InChI=1S/C24H29F6N7OS/c25-23(26,27)19-14-18(4-3-16(19)15-31)34-17-5-8-36(9-6-17)20(38)2-1-7-35-10-12-37(13-11-35)22(33)39-21(32)24(28,29)30/h3-4,14,17,32-34H,1-2,5-13H2. The van der Waals surface area contributed by atoms with Crippen molar-refractivity contribution in [2.24, 2.45) is 0 Å². The molecular weight excluding hydrogens is 548 g/mol. The first kappa shape index (κ1) is 30.6. The van der Waals surface area contributed by atoms with Crippen LogP contribution in [0, 0.1) is 22.1 Å². The van der Waals surface area contributed by atoms with E-state index in [4.69, 9.17) is 16.1 Å². The number of carbonyl (C=O) groups is 1. The molecular formula is C24H29F6N7OS. The van der Waals surface area contributed by atoms with Gasteiger partial charge < -0.3 is 15.1 Å². The molecule has 2 aliphatic heterocycles. The Morgan fingerprint density at radius 2 is 1.67 bits per heavy atom. The van der Waals surface area contributed by atoms with Crippen LogP contribution in [0.5, 0.6) is 0 Å². The minimum atomic E-state index is -4.76. The Balaban J connectivity index is 1.35. The summed E-state index contributed by atoms with van der Waals surface area (Å²) < 4.78 is 77.1. The molecule has 2 aliphatic rings. The van der Waals surface area contributed by atoms with Crippen molar-refractivity contribution in [2.75, 3.05) is 51.1 Å². The number of benzene rings is 1. The number of rotatable bonds is 6. The van der Waals surface area contributed by atoms with Crippen molar-refractivity contribution in [3.8, 4) is 6.07 Å². The zero-order chi connectivity index (χ0) is 28.8. The topological polar surface area (TPSA) is 110 Å². The van der Waals surface area contributed by atoms with Crippen molar-refractivity contribution in [3.63, 3.8) is 0 Å². The van der Waals surface area contributed by atoms with Crippen LogP contribution in [-0.2, 0) is 11.0 Å². The summed E-state index contributed by atoms with van der Waals surface area (Å²) in [5.74, 6) is -0.00587. The lowest BCUT2D eigenvalue weighted by Crippen LogP contribution is -2.48. The lowest BCUT2D eigenvalue weighted by molar-refractivity contribution is -0.137. The monoisotopic (exact) mass is 577 g/mol. The molecule has 0 aromatic heterocycles. The highest BCUT2D eigenvalue weighted by Crippen LogP contribution is 2.34. The number of anilines is 1. The number of nitrogens with one attached hydrogen (secondary N) is 3. The Morgan fingerprint density at radius 1 is 1.03 bits per heavy atom. The molecule has 0 spiro atoms. The van der Waals surface area contributed by atoms with Crippen LogP contribution in [0.2, 0.25) is 0 Å². The van der Waals surface area contributed by atoms with E-state index in [1.165, 1.54) is 11.0 Å². The average molecular weight is 578 g/mol. The summed E-state index contributed by atoms with van der Waals surface area (Å²) in [5.41, 5.74) is -1.14. The second-order valence-corrected chi connectivity index (χ2v) is 10.3. The zero-order valence-electron chi connectivity index (χ0n) is 21.0. The van der Waals surface area contributed by atoms with Gasteiger partial charge in [-0.2, -0.15) is 31.6 Å². The second-order valence-electron chi connectivity index (χ2n) is 9.34. The van der Waals surface area contributed by atoms with Crippen LogP contribution in [0.4, 0.5) is 32.0 Å². The first-order valence-electron chi connectivity index (χ1n) is 12.3. The molecule has 15 heteroatoms. The largest absolute Gasteiger partial charge is 0.439 e. The zero-order valence-corrected chi connectivity index (χ0v) is 21.8. The Kier molecular flexibility index (Phi) is 10.1. The van der Waals surface area contributed by atoms with Gasteiger partial charge in [-0.15, -0.1) is 0 Å². The second kappa shape index (κ2) is 12.9. The summed E-state index contributed by atoms with van der Waals surface area (Å²) in [5, 5.41) is 25.0. The number of nitrogens with zero attached hydrogens (tertiary/aromatic N) is 4. The highest BCUT2D eigenvalue weighted by molar-refractivity contribution is 8.26. The number of alkyl halides is 6. The number of hydrogen-bond donors (Lipinski definition) is 3. The van der Waals surface area contributed by atoms with Crippen molar-refractivity contribution < 1.29 is 31.1 Å². The average Bonchev–Trinajstić information content (AvgIpc) is 2.88. The third-order valence-electron chi connectivity index (χ3n) is 6.64. The molecule has 3 N–H and O–H groups in total. The van der Waals surface area contributed by atoms with E-state index in [9.17, 15) is 31.1 Å². The van der Waals surface area contributed by atoms with Crippen LogP contribution in [-0.4, -0.2) is 88.8 Å².